The molecule has 1 amide bonds. The summed E-state index contributed by atoms with van der Waals surface area (Å²) < 4.78 is 1.89. The van der Waals surface area contributed by atoms with E-state index in [9.17, 15) is 4.79 Å². The molecule has 3 aromatic rings. The molecule has 1 aliphatic heterocycles. The average molecular weight is 423 g/mol. The van der Waals surface area contributed by atoms with Crippen molar-refractivity contribution in [2.45, 2.75) is 39.5 Å². The molecule has 0 aliphatic carbocycles. The predicted molar refractivity (Wildman–Crippen MR) is 122 cm³/mol. The first-order valence-electron chi connectivity index (χ1n) is 10.4. The van der Waals surface area contributed by atoms with Crippen LogP contribution in [0, 0.1) is 20.8 Å². The lowest BCUT2D eigenvalue weighted by atomic mass is 9.91. The van der Waals surface area contributed by atoms with Crippen molar-refractivity contribution in [3.63, 3.8) is 0 Å². The summed E-state index contributed by atoms with van der Waals surface area (Å²) in [5.41, 5.74) is 6.46. The van der Waals surface area contributed by atoms with Gasteiger partial charge in [-0.05, 0) is 81.6 Å². The van der Waals surface area contributed by atoms with Crippen LogP contribution in [0.15, 0.2) is 42.6 Å². The Morgan fingerprint density at radius 1 is 1.10 bits per heavy atom. The fraction of sp³-hybridized carbons (Fsp3) is 0.333. The molecule has 1 aromatic heterocycles. The van der Waals surface area contributed by atoms with Crippen LogP contribution in [0.4, 0.5) is 5.69 Å². The molecule has 1 saturated heterocycles. The third-order valence-corrected chi connectivity index (χ3v) is 6.23. The number of aromatic nitrogens is 2. The van der Waals surface area contributed by atoms with Gasteiger partial charge in [0.2, 0.25) is 0 Å². The van der Waals surface area contributed by atoms with E-state index in [1.807, 2.05) is 61.9 Å². The normalized spacial score (nSPS) is 14.7. The molecule has 0 spiro atoms. The van der Waals surface area contributed by atoms with Crippen LogP contribution < -0.4 is 10.6 Å². The smallest absolute Gasteiger partial charge is 0.259 e. The van der Waals surface area contributed by atoms with Crippen molar-refractivity contribution < 1.29 is 4.79 Å². The number of carbonyl (C=O) groups is 1. The highest BCUT2D eigenvalue weighted by atomic mass is 35.5. The highest BCUT2D eigenvalue weighted by molar-refractivity contribution is 6.31. The van der Waals surface area contributed by atoms with Gasteiger partial charge in [0.15, 0.2) is 0 Å². The van der Waals surface area contributed by atoms with Gasteiger partial charge in [0.05, 0.1) is 23.1 Å². The number of rotatable bonds is 4. The van der Waals surface area contributed by atoms with Crippen molar-refractivity contribution in [2.75, 3.05) is 18.4 Å². The molecule has 2 N–H and O–H groups in total. The van der Waals surface area contributed by atoms with E-state index in [4.69, 9.17) is 11.6 Å². The second kappa shape index (κ2) is 8.62. The number of nitrogens with zero attached hydrogens (tertiary/aromatic N) is 2. The molecular weight excluding hydrogens is 396 g/mol. The Morgan fingerprint density at radius 2 is 1.83 bits per heavy atom. The quantitative estimate of drug-likeness (QED) is 0.609. The number of aryl methyl sites for hydroxylation is 3. The van der Waals surface area contributed by atoms with Gasteiger partial charge in [-0.1, -0.05) is 29.8 Å². The first-order valence-corrected chi connectivity index (χ1v) is 10.8. The van der Waals surface area contributed by atoms with Crippen LogP contribution in [-0.4, -0.2) is 28.8 Å². The maximum Gasteiger partial charge on any atom is 0.259 e. The highest BCUT2D eigenvalue weighted by Gasteiger charge is 2.27. The summed E-state index contributed by atoms with van der Waals surface area (Å²) in [5.74, 6) is 0.134. The number of nitrogens with one attached hydrogen (secondary N) is 2. The molecule has 0 unspecified atom stereocenters. The van der Waals surface area contributed by atoms with E-state index in [-0.39, 0.29) is 11.8 Å². The van der Waals surface area contributed by atoms with Gasteiger partial charge >= 0.3 is 0 Å². The maximum atomic E-state index is 13.3. The summed E-state index contributed by atoms with van der Waals surface area (Å²) in [6.07, 6.45) is 3.62. The van der Waals surface area contributed by atoms with E-state index in [1.54, 1.807) is 6.20 Å². The molecule has 2 heterocycles. The molecule has 2 aromatic carbocycles. The van der Waals surface area contributed by atoms with Gasteiger partial charge in [-0.2, -0.15) is 5.10 Å². The van der Waals surface area contributed by atoms with E-state index >= 15 is 0 Å². The molecule has 1 aliphatic rings. The zero-order chi connectivity index (χ0) is 21.3. The Hall–Kier alpha value is -2.63. The average Bonchev–Trinajstić information content (AvgIpc) is 3.18. The lowest BCUT2D eigenvalue weighted by molar-refractivity contribution is 0.102. The molecule has 4 rings (SSSR count). The number of hydrogen-bond donors (Lipinski definition) is 2. The van der Waals surface area contributed by atoms with Crippen molar-refractivity contribution >= 4 is 23.2 Å². The first kappa shape index (κ1) is 20.6. The SMILES string of the molecule is Cc1ccc(C)c(NC(=O)c2cnn(-c3ccc(C)c(Cl)c3)c2C2CCNCC2)c1. The lowest BCUT2D eigenvalue weighted by Crippen LogP contribution is -2.29. The molecule has 0 atom stereocenters. The van der Waals surface area contributed by atoms with Crippen LogP contribution in [-0.2, 0) is 0 Å². The van der Waals surface area contributed by atoms with Crippen LogP contribution >= 0.6 is 11.6 Å². The minimum absolute atomic E-state index is 0.123. The standard InChI is InChI=1S/C24H27ClN4O/c1-15-4-5-17(3)22(12-15)28-24(30)20-14-27-29(19-7-6-16(2)21(25)13-19)23(20)18-8-10-26-11-9-18/h4-7,12-14,18,26H,8-11H2,1-3H3,(H,28,30). The van der Waals surface area contributed by atoms with Crippen molar-refractivity contribution in [1.82, 2.24) is 15.1 Å². The highest BCUT2D eigenvalue weighted by Crippen LogP contribution is 2.32. The van der Waals surface area contributed by atoms with Gasteiger partial charge in [0.1, 0.15) is 0 Å². The van der Waals surface area contributed by atoms with E-state index in [1.165, 1.54) is 0 Å². The first-order chi connectivity index (χ1) is 14.4. The number of hydrogen-bond acceptors (Lipinski definition) is 3. The summed E-state index contributed by atoms with van der Waals surface area (Å²) in [7, 11) is 0. The van der Waals surface area contributed by atoms with Crippen molar-refractivity contribution in [3.05, 3.63) is 75.6 Å². The number of amides is 1. The Morgan fingerprint density at radius 3 is 2.57 bits per heavy atom. The van der Waals surface area contributed by atoms with Gasteiger partial charge < -0.3 is 10.6 Å². The Bertz CT molecular complexity index is 1080. The number of anilines is 1. The lowest BCUT2D eigenvalue weighted by Gasteiger charge is -2.25. The zero-order valence-corrected chi connectivity index (χ0v) is 18.4. The summed E-state index contributed by atoms with van der Waals surface area (Å²) in [5, 5.41) is 11.8. The maximum absolute atomic E-state index is 13.3. The largest absolute Gasteiger partial charge is 0.322 e. The summed E-state index contributed by atoms with van der Waals surface area (Å²) in [4.78, 5) is 13.3. The third-order valence-electron chi connectivity index (χ3n) is 5.82. The van der Waals surface area contributed by atoms with Gasteiger partial charge in [-0.15, -0.1) is 0 Å². The van der Waals surface area contributed by atoms with E-state index in [2.05, 4.69) is 15.7 Å². The number of carbonyl (C=O) groups excluding carboxylic acids is 1. The van der Waals surface area contributed by atoms with Gasteiger partial charge in [0.25, 0.3) is 5.91 Å². The second-order valence-electron chi connectivity index (χ2n) is 8.09. The van der Waals surface area contributed by atoms with Crippen LogP contribution in [0.3, 0.4) is 0 Å². The van der Waals surface area contributed by atoms with Crippen LogP contribution in [0.25, 0.3) is 5.69 Å². The molecule has 6 heteroatoms. The Balaban J connectivity index is 1.75. The number of benzene rings is 2. The molecule has 0 radical (unpaired) electrons. The topological polar surface area (TPSA) is 59.0 Å². The molecule has 1 fully saturated rings. The number of halogens is 1. The van der Waals surface area contributed by atoms with E-state index < -0.39 is 0 Å². The monoisotopic (exact) mass is 422 g/mol. The predicted octanol–water partition coefficient (Wildman–Crippen LogP) is 5.17. The number of piperidine rings is 1. The van der Waals surface area contributed by atoms with Crippen LogP contribution in [0.1, 0.15) is 51.5 Å². The molecule has 5 nitrogen and oxygen atoms in total. The summed E-state index contributed by atoms with van der Waals surface area (Å²) in [6.45, 7) is 7.87. The van der Waals surface area contributed by atoms with E-state index in [0.29, 0.717) is 10.6 Å². The fourth-order valence-electron chi connectivity index (χ4n) is 4.00. The molecule has 30 heavy (non-hydrogen) atoms. The van der Waals surface area contributed by atoms with Crippen molar-refractivity contribution in [1.29, 1.82) is 0 Å². The third kappa shape index (κ3) is 4.13. The van der Waals surface area contributed by atoms with Crippen LogP contribution in [0.5, 0.6) is 0 Å². The van der Waals surface area contributed by atoms with E-state index in [0.717, 1.165) is 59.7 Å². The molecule has 156 valence electrons. The molecule has 0 bridgehead atoms. The summed E-state index contributed by atoms with van der Waals surface area (Å²) in [6, 6.07) is 12.0. The van der Waals surface area contributed by atoms with Crippen LogP contribution in [0.2, 0.25) is 5.02 Å². The Kier molecular flexibility index (Phi) is 5.93. The minimum Gasteiger partial charge on any atom is -0.322 e. The van der Waals surface area contributed by atoms with Crippen molar-refractivity contribution in [3.8, 4) is 5.69 Å². The van der Waals surface area contributed by atoms with Crippen molar-refractivity contribution in [2.24, 2.45) is 0 Å². The minimum atomic E-state index is -0.123. The Labute approximate surface area is 182 Å². The molecule has 0 saturated carbocycles. The zero-order valence-electron chi connectivity index (χ0n) is 17.6. The van der Waals surface area contributed by atoms with Gasteiger partial charge in [-0.3, -0.25) is 4.79 Å². The fourth-order valence-corrected chi connectivity index (χ4v) is 4.18. The summed E-state index contributed by atoms with van der Waals surface area (Å²) >= 11 is 6.38. The molecular formula is C24H27ClN4O. The van der Waals surface area contributed by atoms with Gasteiger partial charge in [0, 0.05) is 16.6 Å². The van der Waals surface area contributed by atoms with Gasteiger partial charge in [-0.25, -0.2) is 4.68 Å². The second-order valence-corrected chi connectivity index (χ2v) is 8.49.